The summed E-state index contributed by atoms with van der Waals surface area (Å²) in [5, 5.41) is 7.92. The monoisotopic (exact) mass is 309 g/mol. The number of rotatable bonds is 8. The average Bonchev–Trinajstić information content (AvgIpc) is 2.95. The fourth-order valence-electron chi connectivity index (χ4n) is 1.97. The Hall–Kier alpha value is -1.59. The van der Waals surface area contributed by atoms with Gasteiger partial charge in [-0.2, -0.15) is 4.98 Å². The predicted molar refractivity (Wildman–Crippen MR) is 82.4 cm³/mol. The minimum Gasteiger partial charge on any atom is -0.376 e. The third-order valence-electron chi connectivity index (χ3n) is 2.98. The van der Waals surface area contributed by atoms with Gasteiger partial charge in [-0.25, -0.2) is 0 Å². The molecule has 1 heterocycles. The van der Waals surface area contributed by atoms with Crippen LogP contribution in [0.1, 0.15) is 44.5 Å². The highest BCUT2D eigenvalue weighted by Crippen LogP contribution is 2.20. The molecule has 2 rings (SSSR count). The van der Waals surface area contributed by atoms with Gasteiger partial charge in [-0.3, -0.25) is 0 Å². The number of ether oxygens (including phenoxy) is 1. The third-order valence-corrected chi connectivity index (χ3v) is 3.23. The molecule has 0 radical (unpaired) electrons. The molecule has 0 bridgehead atoms. The summed E-state index contributed by atoms with van der Waals surface area (Å²) >= 11 is 5.84. The fraction of sp³-hybridized carbons (Fsp3) is 0.467. The van der Waals surface area contributed by atoms with Crippen molar-refractivity contribution in [1.82, 2.24) is 10.1 Å². The summed E-state index contributed by atoms with van der Waals surface area (Å²) in [6.45, 7) is 5.18. The second-order valence-electron chi connectivity index (χ2n) is 4.64. The van der Waals surface area contributed by atoms with Gasteiger partial charge in [-0.15, -0.1) is 0 Å². The molecule has 0 saturated heterocycles. The van der Waals surface area contributed by atoms with Gasteiger partial charge in [0.2, 0.25) is 11.7 Å². The molecule has 0 aliphatic heterocycles. The first kappa shape index (κ1) is 15.8. The van der Waals surface area contributed by atoms with Crippen molar-refractivity contribution in [2.24, 2.45) is 0 Å². The molecule has 0 saturated carbocycles. The van der Waals surface area contributed by atoms with Gasteiger partial charge in [-0.1, -0.05) is 30.1 Å². The molecule has 0 aliphatic rings. The molecule has 0 aliphatic carbocycles. The van der Waals surface area contributed by atoms with Crippen LogP contribution in [0.2, 0.25) is 5.02 Å². The zero-order valence-electron chi connectivity index (χ0n) is 12.3. The van der Waals surface area contributed by atoms with Gasteiger partial charge in [0, 0.05) is 17.3 Å². The number of hydrogen-bond acceptors (Lipinski definition) is 5. The molecular weight excluding hydrogens is 290 g/mol. The maximum Gasteiger partial charge on any atom is 0.246 e. The number of benzene rings is 1. The lowest BCUT2D eigenvalue weighted by Gasteiger charge is -2.11. The van der Waals surface area contributed by atoms with E-state index in [2.05, 4.69) is 22.4 Å². The van der Waals surface area contributed by atoms with Crippen molar-refractivity contribution in [2.45, 2.75) is 39.3 Å². The van der Waals surface area contributed by atoms with Gasteiger partial charge in [0.1, 0.15) is 6.10 Å². The van der Waals surface area contributed by atoms with Crippen LogP contribution in [0, 0.1) is 0 Å². The van der Waals surface area contributed by atoms with E-state index in [1.165, 1.54) is 0 Å². The number of nitrogens with one attached hydrogen (secondary N) is 1. The molecule has 1 N–H and O–H groups in total. The number of hydrogen-bond donors (Lipinski definition) is 1. The molecule has 0 fully saturated rings. The Morgan fingerprint density at radius 2 is 2.05 bits per heavy atom. The molecule has 2 aromatic rings. The fourth-order valence-corrected chi connectivity index (χ4v) is 2.09. The SMILES string of the molecule is CCCC(OCC)c1noc(CNc2ccc(Cl)cc2)n1. The van der Waals surface area contributed by atoms with Crippen LogP contribution in [0.25, 0.3) is 0 Å². The Morgan fingerprint density at radius 3 is 2.71 bits per heavy atom. The minimum absolute atomic E-state index is 0.0898. The molecule has 0 spiro atoms. The van der Waals surface area contributed by atoms with E-state index >= 15 is 0 Å². The summed E-state index contributed by atoms with van der Waals surface area (Å²) in [6.07, 6.45) is 1.81. The van der Waals surface area contributed by atoms with Crippen LogP contribution >= 0.6 is 11.6 Å². The van der Waals surface area contributed by atoms with Crippen LogP contribution in [0.15, 0.2) is 28.8 Å². The van der Waals surface area contributed by atoms with Crippen molar-refractivity contribution in [2.75, 3.05) is 11.9 Å². The van der Waals surface area contributed by atoms with Gasteiger partial charge in [-0.05, 0) is 37.6 Å². The molecular formula is C15H20ClN3O2. The summed E-state index contributed by atoms with van der Waals surface area (Å²) in [7, 11) is 0. The summed E-state index contributed by atoms with van der Waals surface area (Å²) in [5.74, 6) is 1.16. The number of aromatic nitrogens is 2. The lowest BCUT2D eigenvalue weighted by Crippen LogP contribution is -2.06. The Labute approximate surface area is 129 Å². The maximum atomic E-state index is 5.84. The summed E-state index contributed by atoms with van der Waals surface area (Å²) in [6, 6.07) is 7.46. The first-order valence-electron chi connectivity index (χ1n) is 7.16. The Bertz CT molecular complexity index is 536. The first-order chi connectivity index (χ1) is 10.2. The molecule has 5 nitrogen and oxygen atoms in total. The molecule has 1 aromatic carbocycles. The summed E-state index contributed by atoms with van der Waals surface area (Å²) in [4.78, 5) is 4.39. The van der Waals surface area contributed by atoms with Crippen LogP contribution in [-0.4, -0.2) is 16.7 Å². The smallest absolute Gasteiger partial charge is 0.246 e. The summed E-state index contributed by atoms with van der Waals surface area (Å²) < 4.78 is 10.9. The van der Waals surface area contributed by atoms with E-state index in [9.17, 15) is 0 Å². The zero-order chi connectivity index (χ0) is 15.1. The standard InChI is InChI=1S/C15H20ClN3O2/c1-3-5-13(20-4-2)15-18-14(21-19-15)10-17-12-8-6-11(16)7-9-12/h6-9,13,17H,3-5,10H2,1-2H3. The van der Waals surface area contributed by atoms with E-state index < -0.39 is 0 Å². The molecule has 1 aromatic heterocycles. The van der Waals surface area contributed by atoms with Gasteiger partial charge >= 0.3 is 0 Å². The van der Waals surface area contributed by atoms with Crippen LogP contribution in [0.3, 0.4) is 0 Å². The second kappa shape index (κ2) is 8.00. The van der Waals surface area contributed by atoms with E-state index in [-0.39, 0.29) is 6.10 Å². The highest BCUT2D eigenvalue weighted by molar-refractivity contribution is 6.30. The van der Waals surface area contributed by atoms with Gasteiger partial charge in [0.25, 0.3) is 0 Å². The van der Waals surface area contributed by atoms with Crippen molar-refractivity contribution >= 4 is 17.3 Å². The van der Waals surface area contributed by atoms with Crippen molar-refractivity contribution in [3.8, 4) is 0 Å². The Kier molecular flexibility index (Phi) is 6.02. The van der Waals surface area contributed by atoms with E-state index in [1.807, 2.05) is 31.2 Å². The van der Waals surface area contributed by atoms with Crippen molar-refractivity contribution in [1.29, 1.82) is 0 Å². The Balaban J connectivity index is 1.94. The first-order valence-corrected chi connectivity index (χ1v) is 7.54. The highest BCUT2D eigenvalue weighted by atomic mass is 35.5. The van der Waals surface area contributed by atoms with E-state index in [0.717, 1.165) is 18.5 Å². The number of nitrogens with zero attached hydrogens (tertiary/aromatic N) is 2. The van der Waals surface area contributed by atoms with Crippen LogP contribution in [0.5, 0.6) is 0 Å². The lowest BCUT2D eigenvalue weighted by molar-refractivity contribution is 0.0478. The van der Waals surface area contributed by atoms with Crippen molar-refractivity contribution < 1.29 is 9.26 Å². The van der Waals surface area contributed by atoms with Crippen LogP contribution in [-0.2, 0) is 11.3 Å². The predicted octanol–water partition coefficient (Wildman–Crippen LogP) is 4.21. The van der Waals surface area contributed by atoms with Gasteiger partial charge in [0.15, 0.2) is 0 Å². The summed E-state index contributed by atoms with van der Waals surface area (Å²) in [5.41, 5.74) is 0.953. The lowest BCUT2D eigenvalue weighted by atomic mass is 10.2. The quantitative estimate of drug-likeness (QED) is 0.791. The molecule has 1 unspecified atom stereocenters. The van der Waals surface area contributed by atoms with E-state index in [1.54, 1.807) is 0 Å². The molecule has 114 valence electrons. The number of halogens is 1. The largest absolute Gasteiger partial charge is 0.376 e. The maximum absolute atomic E-state index is 5.84. The van der Waals surface area contributed by atoms with Crippen molar-refractivity contribution in [3.63, 3.8) is 0 Å². The van der Waals surface area contributed by atoms with Crippen LogP contribution < -0.4 is 5.32 Å². The number of anilines is 1. The van der Waals surface area contributed by atoms with E-state index in [4.69, 9.17) is 20.9 Å². The van der Waals surface area contributed by atoms with E-state index in [0.29, 0.717) is 29.9 Å². The minimum atomic E-state index is -0.0898. The average molecular weight is 310 g/mol. The topological polar surface area (TPSA) is 60.2 Å². The molecule has 21 heavy (non-hydrogen) atoms. The van der Waals surface area contributed by atoms with Gasteiger partial charge < -0.3 is 14.6 Å². The Morgan fingerprint density at radius 1 is 1.29 bits per heavy atom. The zero-order valence-corrected chi connectivity index (χ0v) is 13.1. The van der Waals surface area contributed by atoms with Crippen LogP contribution in [0.4, 0.5) is 5.69 Å². The molecule has 0 amide bonds. The molecule has 1 atom stereocenters. The third kappa shape index (κ3) is 4.72. The normalized spacial score (nSPS) is 12.3. The van der Waals surface area contributed by atoms with Gasteiger partial charge in [0.05, 0.1) is 6.54 Å². The second-order valence-corrected chi connectivity index (χ2v) is 5.08. The van der Waals surface area contributed by atoms with Crippen molar-refractivity contribution in [3.05, 3.63) is 41.0 Å². The molecule has 6 heteroatoms. The highest BCUT2D eigenvalue weighted by Gasteiger charge is 2.17.